The molecule has 0 saturated heterocycles. The average molecular weight is 492 g/mol. The molecule has 0 aromatic heterocycles. The van der Waals surface area contributed by atoms with Crippen molar-refractivity contribution in [3.05, 3.63) is 120 Å². The van der Waals surface area contributed by atoms with E-state index in [0.29, 0.717) is 26.3 Å². The second-order valence-electron chi connectivity index (χ2n) is 8.86. The number of nitrogens with two attached hydrogens (primary N) is 2. The highest BCUT2D eigenvalue weighted by Crippen LogP contribution is 2.24. The summed E-state index contributed by atoms with van der Waals surface area (Å²) in [6.07, 6.45) is -0.253. The SMILES string of the molecule is COC(c1cccc(B(OCCN)c2ccccc2)c1)c1cccc(B(OCCN)c2ccccc2)c1. The van der Waals surface area contributed by atoms with Crippen LogP contribution in [-0.2, 0) is 14.0 Å². The molecule has 7 heteroatoms. The maximum absolute atomic E-state index is 6.18. The minimum Gasteiger partial charge on any atom is -0.426 e. The van der Waals surface area contributed by atoms with Crippen molar-refractivity contribution in [2.75, 3.05) is 33.4 Å². The average Bonchev–Trinajstić information content (AvgIpc) is 2.96. The lowest BCUT2D eigenvalue weighted by Crippen LogP contribution is -2.46. The second kappa shape index (κ2) is 13.9. The van der Waals surface area contributed by atoms with E-state index in [1.165, 1.54) is 0 Å². The zero-order chi connectivity index (χ0) is 25.9. The van der Waals surface area contributed by atoms with Gasteiger partial charge >= 0.3 is 13.8 Å². The Morgan fingerprint density at radius 3 is 1.35 bits per heavy atom. The predicted molar refractivity (Wildman–Crippen MR) is 155 cm³/mol. The summed E-state index contributed by atoms with van der Waals surface area (Å²) in [6.45, 7) is 1.46. The fourth-order valence-corrected chi connectivity index (χ4v) is 4.63. The first-order chi connectivity index (χ1) is 18.2. The lowest BCUT2D eigenvalue weighted by atomic mass is 9.54. The predicted octanol–water partition coefficient (Wildman–Crippen LogP) is 1.58. The highest BCUT2D eigenvalue weighted by Gasteiger charge is 2.25. The maximum atomic E-state index is 6.18. The number of hydrogen-bond donors (Lipinski definition) is 2. The Morgan fingerprint density at radius 1 is 0.568 bits per heavy atom. The van der Waals surface area contributed by atoms with E-state index in [4.69, 9.17) is 25.5 Å². The topological polar surface area (TPSA) is 79.7 Å². The van der Waals surface area contributed by atoms with Crippen molar-refractivity contribution in [2.24, 2.45) is 11.5 Å². The van der Waals surface area contributed by atoms with Crippen LogP contribution in [0.3, 0.4) is 0 Å². The molecule has 4 N–H and O–H groups in total. The molecule has 4 aromatic rings. The van der Waals surface area contributed by atoms with Crippen molar-refractivity contribution < 1.29 is 14.0 Å². The summed E-state index contributed by atoms with van der Waals surface area (Å²) in [5.41, 5.74) is 17.9. The Hall–Kier alpha value is -3.19. The molecule has 0 radical (unpaired) electrons. The van der Waals surface area contributed by atoms with Crippen LogP contribution < -0.4 is 33.3 Å². The number of ether oxygens (including phenoxy) is 1. The van der Waals surface area contributed by atoms with E-state index < -0.39 is 0 Å². The van der Waals surface area contributed by atoms with Crippen molar-refractivity contribution >= 4 is 35.7 Å². The second-order valence-corrected chi connectivity index (χ2v) is 8.86. The van der Waals surface area contributed by atoms with Gasteiger partial charge in [0.2, 0.25) is 0 Å². The van der Waals surface area contributed by atoms with Gasteiger partial charge in [0, 0.05) is 33.4 Å². The Kier molecular flexibility index (Phi) is 10.1. The summed E-state index contributed by atoms with van der Waals surface area (Å²) in [4.78, 5) is 0. The van der Waals surface area contributed by atoms with Crippen LogP contribution in [0.25, 0.3) is 0 Å². The largest absolute Gasteiger partial charge is 0.426 e. The standard InChI is InChI=1S/C30H34B2N2O3/c1-35-30(24-10-8-16-28(22-24)31(36-20-18-33)26-12-4-2-5-13-26)25-11-9-17-29(23-25)32(37-21-19-34)27-14-6-3-7-15-27/h2-17,22-23,30H,18-21,33-34H2,1H3. The highest BCUT2D eigenvalue weighted by atomic mass is 16.5. The fraction of sp³-hybridized carbons (Fsp3) is 0.200. The normalized spacial score (nSPS) is 11.0. The molecule has 188 valence electrons. The molecular formula is C30H34B2N2O3. The first kappa shape index (κ1) is 26.9. The molecule has 0 saturated carbocycles. The van der Waals surface area contributed by atoms with Crippen molar-refractivity contribution in [2.45, 2.75) is 6.10 Å². The monoisotopic (exact) mass is 492 g/mol. The van der Waals surface area contributed by atoms with Gasteiger partial charge in [-0.15, -0.1) is 0 Å². The van der Waals surface area contributed by atoms with Gasteiger partial charge in [-0.3, -0.25) is 0 Å². The van der Waals surface area contributed by atoms with Gasteiger partial charge < -0.3 is 25.5 Å². The number of methoxy groups -OCH3 is 1. The van der Waals surface area contributed by atoms with E-state index in [2.05, 4.69) is 72.8 Å². The van der Waals surface area contributed by atoms with Gasteiger partial charge in [0.05, 0.1) is 0 Å². The van der Waals surface area contributed by atoms with E-state index in [-0.39, 0.29) is 19.9 Å². The minimum atomic E-state index is -0.253. The van der Waals surface area contributed by atoms with Crippen LogP contribution in [-0.4, -0.2) is 47.2 Å². The number of benzene rings is 4. The Balaban J connectivity index is 1.67. The first-order valence-electron chi connectivity index (χ1n) is 12.7. The van der Waals surface area contributed by atoms with E-state index in [9.17, 15) is 0 Å². The quantitative estimate of drug-likeness (QED) is 0.277. The van der Waals surface area contributed by atoms with Gasteiger partial charge in [-0.25, -0.2) is 0 Å². The van der Waals surface area contributed by atoms with E-state index >= 15 is 0 Å². The molecule has 4 rings (SSSR count). The summed E-state index contributed by atoms with van der Waals surface area (Å²) >= 11 is 0. The van der Waals surface area contributed by atoms with Crippen molar-refractivity contribution in [3.63, 3.8) is 0 Å². The van der Waals surface area contributed by atoms with Crippen LogP contribution in [0.15, 0.2) is 109 Å². The van der Waals surface area contributed by atoms with Gasteiger partial charge in [-0.2, -0.15) is 0 Å². The first-order valence-corrected chi connectivity index (χ1v) is 12.7. The van der Waals surface area contributed by atoms with Gasteiger partial charge in [0.15, 0.2) is 0 Å². The van der Waals surface area contributed by atoms with Crippen molar-refractivity contribution in [3.8, 4) is 0 Å². The van der Waals surface area contributed by atoms with Crippen LogP contribution in [0, 0.1) is 0 Å². The minimum absolute atomic E-state index is 0.208. The molecule has 0 bridgehead atoms. The highest BCUT2D eigenvalue weighted by molar-refractivity contribution is 6.80. The van der Waals surface area contributed by atoms with E-state index in [1.807, 2.05) is 36.4 Å². The van der Waals surface area contributed by atoms with Crippen LogP contribution >= 0.6 is 0 Å². The van der Waals surface area contributed by atoms with Crippen LogP contribution in [0.5, 0.6) is 0 Å². The molecule has 0 atom stereocenters. The Bertz CT molecular complexity index is 1130. The molecule has 5 nitrogen and oxygen atoms in total. The van der Waals surface area contributed by atoms with Crippen molar-refractivity contribution in [1.29, 1.82) is 0 Å². The summed E-state index contributed by atoms with van der Waals surface area (Å²) in [7, 11) is 1.74. The zero-order valence-electron chi connectivity index (χ0n) is 21.3. The van der Waals surface area contributed by atoms with E-state index in [1.54, 1.807) is 7.11 Å². The van der Waals surface area contributed by atoms with Gasteiger partial charge in [0.1, 0.15) is 6.10 Å². The Labute approximate surface area is 221 Å². The molecule has 0 fully saturated rings. The third-order valence-corrected chi connectivity index (χ3v) is 6.28. The molecule has 0 spiro atoms. The summed E-state index contributed by atoms with van der Waals surface area (Å²) in [6, 6.07) is 37.2. The molecular weight excluding hydrogens is 458 g/mol. The molecule has 37 heavy (non-hydrogen) atoms. The summed E-state index contributed by atoms with van der Waals surface area (Å²) in [5, 5.41) is 0. The molecule has 0 aliphatic carbocycles. The molecule has 4 aromatic carbocycles. The molecule has 0 aliphatic heterocycles. The van der Waals surface area contributed by atoms with Crippen molar-refractivity contribution in [1.82, 2.24) is 0 Å². The van der Waals surface area contributed by atoms with Gasteiger partial charge in [-0.1, -0.05) is 109 Å². The smallest absolute Gasteiger partial charge is 0.361 e. The molecule has 0 unspecified atom stereocenters. The lowest BCUT2D eigenvalue weighted by Gasteiger charge is -2.21. The summed E-state index contributed by atoms with van der Waals surface area (Å²) < 4.78 is 18.4. The van der Waals surface area contributed by atoms with Gasteiger partial charge in [-0.05, 0) is 33.0 Å². The van der Waals surface area contributed by atoms with Crippen LogP contribution in [0.1, 0.15) is 17.2 Å². The molecule has 0 aliphatic rings. The van der Waals surface area contributed by atoms with Gasteiger partial charge in [0.25, 0.3) is 0 Å². The third kappa shape index (κ3) is 6.98. The number of hydrogen-bond acceptors (Lipinski definition) is 5. The molecule has 0 amide bonds. The lowest BCUT2D eigenvalue weighted by molar-refractivity contribution is 0.136. The number of rotatable bonds is 13. The third-order valence-electron chi connectivity index (χ3n) is 6.28. The zero-order valence-corrected chi connectivity index (χ0v) is 21.3. The maximum Gasteiger partial charge on any atom is 0.361 e. The van der Waals surface area contributed by atoms with E-state index in [0.717, 1.165) is 33.0 Å². The Morgan fingerprint density at radius 2 is 0.973 bits per heavy atom. The molecule has 0 heterocycles. The van der Waals surface area contributed by atoms with Crippen LogP contribution in [0.2, 0.25) is 0 Å². The summed E-state index contributed by atoms with van der Waals surface area (Å²) in [5.74, 6) is 0. The fourth-order valence-electron chi connectivity index (χ4n) is 4.63. The van der Waals surface area contributed by atoms with Crippen LogP contribution in [0.4, 0.5) is 0 Å².